The molecule has 0 atom stereocenters. The quantitative estimate of drug-likeness (QED) is 0.231. The van der Waals surface area contributed by atoms with Crippen LogP contribution in [0.25, 0.3) is 11.1 Å². The van der Waals surface area contributed by atoms with Crippen LogP contribution in [0.15, 0.2) is 48.9 Å². The zero-order valence-electron chi connectivity index (χ0n) is 27.8. The second-order valence-corrected chi connectivity index (χ2v) is 14.7. The molecule has 4 fully saturated rings. The zero-order chi connectivity index (χ0) is 31.8. The van der Waals surface area contributed by atoms with Gasteiger partial charge in [0, 0.05) is 54.1 Å². The van der Waals surface area contributed by atoms with Gasteiger partial charge in [0.15, 0.2) is 0 Å². The Labute approximate surface area is 268 Å². The molecule has 1 amide bonds. The first-order valence-electron chi connectivity index (χ1n) is 17.1. The van der Waals surface area contributed by atoms with Gasteiger partial charge in [0.05, 0.1) is 13.3 Å². The van der Waals surface area contributed by atoms with Crippen LogP contribution in [0.1, 0.15) is 109 Å². The van der Waals surface area contributed by atoms with Gasteiger partial charge in [-0.2, -0.15) is 5.10 Å². The largest absolute Gasteiger partial charge is 0.481 e. The first-order chi connectivity index (χ1) is 21.6. The molecule has 7 rings (SSSR count). The Hall–Kier alpha value is -3.48. The minimum Gasteiger partial charge on any atom is -0.481 e. The van der Waals surface area contributed by atoms with Crippen LogP contribution >= 0.6 is 0 Å². The highest BCUT2D eigenvalue weighted by Gasteiger charge is 2.51. The second-order valence-electron chi connectivity index (χ2n) is 14.7. The maximum atomic E-state index is 14.5. The first kappa shape index (κ1) is 31.5. The number of anilines is 1. The minimum atomic E-state index is 0.0107. The van der Waals surface area contributed by atoms with Crippen LogP contribution in [0, 0.1) is 24.2 Å². The van der Waals surface area contributed by atoms with E-state index in [2.05, 4.69) is 72.3 Å². The molecular weight excluding hydrogens is 560 g/mol. The van der Waals surface area contributed by atoms with E-state index in [4.69, 9.17) is 4.74 Å². The van der Waals surface area contributed by atoms with Gasteiger partial charge in [-0.05, 0) is 138 Å². The molecule has 1 aromatic carbocycles. The van der Waals surface area contributed by atoms with Gasteiger partial charge in [0.25, 0.3) is 0 Å². The van der Waals surface area contributed by atoms with E-state index in [-0.39, 0.29) is 28.4 Å². The zero-order valence-corrected chi connectivity index (χ0v) is 27.8. The Kier molecular flexibility index (Phi) is 8.91. The lowest BCUT2D eigenvalue weighted by atomic mass is 9.52. The number of aromatic nitrogens is 3. The predicted octanol–water partition coefficient (Wildman–Crippen LogP) is 8.25. The summed E-state index contributed by atoms with van der Waals surface area (Å²) in [6.07, 6.45) is 17.1. The van der Waals surface area contributed by atoms with Crippen LogP contribution in [0.3, 0.4) is 0 Å². The summed E-state index contributed by atoms with van der Waals surface area (Å²) in [6, 6.07) is 11.1. The molecule has 0 saturated heterocycles. The monoisotopic (exact) mass is 610 g/mol. The molecule has 7 nitrogen and oxygen atoms in total. The van der Waals surface area contributed by atoms with E-state index < -0.39 is 0 Å². The molecule has 0 radical (unpaired) electrons. The Balaban J connectivity index is 1.25. The Morgan fingerprint density at radius 2 is 1.71 bits per heavy atom. The van der Waals surface area contributed by atoms with Crippen molar-refractivity contribution in [2.24, 2.45) is 17.3 Å². The highest BCUT2D eigenvalue weighted by atomic mass is 16.5. The fourth-order valence-electron chi connectivity index (χ4n) is 8.49. The summed E-state index contributed by atoms with van der Waals surface area (Å²) < 4.78 is 7.43. The Morgan fingerprint density at radius 1 is 1.00 bits per heavy atom. The normalized spacial score (nSPS) is 26.2. The summed E-state index contributed by atoms with van der Waals surface area (Å²) in [7, 11) is 1.68. The van der Waals surface area contributed by atoms with Crippen molar-refractivity contribution in [2.45, 2.75) is 110 Å². The van der Waals surface area contributed by atoms with Crippen LogP contribution in [-0.2, 0) is 15.0 Å². The number of nitrogens with zero attached hydrogens (tertiary/aromatic N) is 4. The van der Waals surface area contributed by atoms with Crippen molar-refractivity contribution in [2.75, 3.05) is 18.6 Å². The van der Waals surface area contributed by atoms with Crippen LogP contribution < -0.4 is 9.64 Å². The van der Waals surface area contributed by atoms with Crippen LogP contribution in [0.5, 0.6) is 5.88 Å². The molecule has 0 N–H and O–H groups in total. The number of benzene rings is 1. The third-order valence-corrected chi connectivity index (χ3v) is 11.4. The van der Waals surface area contributed by atoms with Gasteiger partial charge in [-0.1, -0.05) is 12.1 Å². The topological polar surface area (TPSA) is 77.3 Å². The number of carbonyl (C=O) groups is 2. The van der Waals surface area contributed by atoms with Crippen molar-refractivity contribution >= 4 is 17.4 Å². The standard InChI is InChI=1S/C38H50N4O3/c1-26(2)42-24-32(22-40-42)31-7-6-8-34(21-31)41(36(44)30-11-9-29(10-12-30)20-28(4)43)25-37-13-16-38(17-14-37,18-15-37)33-19-27(3)35(45-5)39-23-33/h6-8,19,21-24,26,29-30H,9-18,20,25H2,1-5H3. The molecule has 2 heterocycles. The van der Waals surface area contributed by atoms with Gasteiger partial charge in [0.2, 0.25) is 11.8 Å². The lowest BCUT2D eigenvalue weighted by molar-refractivity contribution is -0.124. The molecule has 2 bridgehead atoms. The van der Waals surface area contributed by atoms with E-state index in [0.29, 0.717) is 24.3 Å². The number of hydrogen-bond donors (Lipinski definition) is 0. The lowest BCUT2D eigenvalue weighted by Gasteiger charge is -2.55. The van der Waals surface area contributed by atoms with Gasteiger partial charge in [-0.25, -0.2) is 4.98 Å². The summed E-state index contributed by atoms with van der Waals surface area (Å²) in [5, 5.41) is 4.57. The van der Waals surface area contributed by atoms with E-state index in [9.17, 15) is 9.59 Å². The van der Waals surface area contributed by atoms with Crippen molar-refractivity contribution in [3.05, 3.63) is 60.0 Å². The maximum Gasteiger partial charge on any atom is 0.230 e. The number of ketones is 1. The molecule has 4 aliphatic carbocycles. The number of carbonyl (C=O) groups excluding carboxylic acids is 2. The fourth-order valence-corrected chi connectivity index (χ4v) is 8.49. The van der Waals surface area contributed by atoms with Gasteiger partial charge < -0.3 is 14.4 Å². The van der Waals surface area contributed by atoms with Crippen molar-refractivity contribution < 1.29 is 14.3 Å². The molecule has 2 aromatic heterocycles. The van der Waals surface area contributed by atoms with Gasteiger partial charge in [-0.3, -0.25) is 9.48 Å². The average Bonchev–Trinajstić information content (AvgIpc) is 3.56. The highest BCUT2D eigenvalue weighted by Crippen LogP contribution is 2.58. The average molecular weight is 611 g/mol. The lowest BCUT2D eigenvalue weighted by Crippen LogP contribution is -2.51. The number of amides is 1. The van der Waals surface area contributed by atoms with E-state index in [1.165, 1.54) is 5.56 Å². The third kappa shape index (κ3) is 6.45. The predicted molar refractivity (Wildman–Crippen MR) is 178 cm³/mol. The summed E-state index contributed by atoms with van der Waals surface area (Å²) >= 11 is 0. The summed E-state index contributed by atoms with van der Waals surface area (Å²) in [6.45, 7) is 8.80. The van der Waals surface area contributed by atoms with E-state index in [1.54, 1.807) is 14.0 Å². The molecule has 0 unspecified atom stereocenters. The SMILES string of the molecule is COc1ncc(C23CCC(CN(C(=O)C4CCC(CC(C)=O)CC4)c4cccc(-c5cnn(C(C)C)c5)c4)(CC2)CC3)cc1C. The van der Waals surface area contributed by atoms with Gasteiger partial charge >= 0.3 is 0 Å². The number of rotatable bonds is 10. The van der Waals surface area contributed by atoms with E-state index in [1.807, 2.05) is 17.1 Å². The van der Waals surface area contributed by atoms with E-state index in [0.717, 1.165) is 93.1 Å². The van der Waals surface area contributed by atoms with Crippen molar-refractivity contribution in [3.8, 4) is 17.0 Å². The smallest absolute Gasteiger partial charge is 0.230 e. The summed E-state index contributed by atoms with van der Waals surface area (Å²) in [5.41, 5.74) is 5.90. The molecule has 0 spiro atoms. The van der Waals surface area contributed by atoms with Crippen LogP contribution in [0.4, 0.5) is 5.69 Å². The number of Topliss-reactive ketones (excluding diaryl/α,β-unsaturated/α-hetero) is 1. The molecule has 3 aromatic rings. The Bertz CT molecular complexity index is 1510. The minimum absolute atomic E-state index is 0.0107. The van der Waals surface area contributed by atoms with Crippen LogP contribution in [0.2, 0.25) is 0 Å². The third-order valence-electron chi connectivity index (χ3n) is 11.4. The number of pyridine rings is 1. The molecule has 45 heavy (non-hydrogen) atoms. The first-order valence-corrected chi connectivity index (χ1v) is 17.1. The van der Waals surface area contributed by atoms with Gasteiger partial charge in [0.1, 0.15) is 5.78 Å². The second kappa shape index (κ2) is 12.7. The van der Waals surface area contributed by atoms with Gasteiger partial charge in [-0.15, -0.1) is 0 Å². The molecular formula is C38H50N4O3. The summed E-state index contributed by atoms with van der Waals surface area (Å²) in [4.78, 5) is 33.1. The van der Waals surface area contributed by atoms with Crippen molar-refractivity contribution in [1.29, 1.82) is 0 Å². The molecule has 0 aliphatic heterocycles. The Morgan fingerprint density at radius 3 is 2.31 bits per heavy atom. The number of aryl methyl sites for hydroxylation is 1. The molecule has 4 saturated carbocycles. The van der Waals surface area contributed by atoms with Crippen molar-refractivity contribution in [1.82, 2.24) is 14.8 Å². The number of hydrogen-bond acceptors (Lipinski definition) is 5. The molecule has 4 aliphatic rings. The number of methoxy groups -OCH3 is 1. The number of ether oxygens (including phenoxy) is 1. The molecule has 240 valence electrons. The number of fused-ring (bicyclic) bond motifs is 3. The maximum absolute atomic E-state index is 14.5. The summed E-state index contributed by atoms with van der Waals surface area (Å²) in [5.74, 6) is 1.66. The van der Waals surface area contributed by atoms with Crippen LogP contribution in [-0.4, -0.2) is 40.1 Å². The van der Waals surface area contributed by atoms with Crippen molar-refractivity contribution in [3.63, 3.8) is 0 Å². The highest BCUT2D eigenvalue weighted by molar-refractivity contribution is 5.96. The fraction of sp³-hybridized carbons (Fsp3) is 0.579. The van der Waals surface area contributed by atoms with E-state index >= 15 is 0 Å². The molecule has 7 heteroatoms.